The van der Waals surface area contributed by atoms with Crippen molar-refractivity contribution in [1.82, 2.24) is 9.88 Å². The van der Waals surface area contributed by atoms with Crippen molar-refractivity contribution in [1.29, 1.82) is 0 Å². The van der Waals surface area contributed by atoms with Crippen LogP contribution in [0, 0.1) is 0 Å². The summed E-state index contributed by atoms with van der Waals surface area (Å²) in [6.07, 6.45) is 1.95. The maximum atomic E-state index is 13.2. The highest BCUT2D eigenvalue weighted by molar-refractivity contribution is 5.93. The van der Waals surface area contributed by atoms with Crippen molar-refractivity contribution >= 4 is 11.9 Å². The maximum Gasteiger partial charge on any atom is 0.325 e. The Balaban J connectivity index is 1.84. The third-order valence-electron chi connectivity index (χ3n) is 5.03. The molecule has 0 aliphatic rings. The summed E-state index contributed by atoms with van der Waals surface area (Å²) in [5, 5.41) is 0. The van der Waals surface area contributed by atoms with Gasteiger partial charge in [-0.15, -0.1) is 0 Å². The molecular weight excluding hydrogens is 440 g/mol. The van der Waals surface area contributed by atoms with Crippen LogP contribution in [0.25, 0.3) is 0 Å². The summed E-state index contributed by atoms with van der Waals surface area (Å²) in [5.41, 5.74) is 1.38. The molecule has 0 atom stereocenters. The van der Waals surface area contributed by atoms with Crippen molar-refractivity contribution in [3.63, 3.8) is 0 Å². The SMILES string of the molecule is CCOC(=O)CN(Cc1ccccn1)C(=O)c1ccc(Cc2c(OC)cc(OC)cc2OC)o1. The standard InChI is InChI=1S/C25H28N2O7/c1-5-33-24(28)16-27(15-17-8-6-7-11-26-17)25(29)21-10-9-18(34-21)12-20-22(31-3)13-19(30-2)14-23(20)32-4/h6-11,13-14H,5,12,15-16H2,1-4H3. The van der Waals surface area contributed by atoms with E-state index in [0.29, 0.717) is 35.1 Å². The number of rotatable bonds is 11. The first-order valence-corrected chi connectivity index (χ1v) is 10.7. The summed E-state index contributed by atoms with van der Waals surface area (Å²) in [6.45, 7) is 1.85. The minimum atomic E-state index is -0.508. The summed E-state index contributed by atoms with van der Waals surface area (Å²) in [6, 6.07) is 12.2. The molecule has 0 bridgehead atoms. The number of hydrogen-bond acceptors (Lipinski definition) is 8. The van der Waals surface area contributed by atoms with Crippen LogP contribution in [0.3, 0.4) is 0 Å². The van der Waals surface area contributed by atoms with E-state index >= 15 is 0 Å². The van der Waals surface area contributed by atoms with E-state index in [4.69, 9.17) is 23.4 Å². The highest BCUT2D eigenvalue weighted by atomic mass is 16.5. The van der Waals surface area contributed by atoms with Crippen molar-refractivity contribution in [2.24, 2.45) is 0 Å². The minimum absolute atomic E-state index is 0.0988. The molecule has 0 aliphatic carbocycles. The van der Waals surface area contributed by atoms with Gasteiger partial charge in [0.1, 0.15) is 29.6 Å². The van der Waals surface area contributed by atoms with Crippen molar-refractivity contribution in [2.45, 2.75) is 19.9 Å². The Kier molecular flexibility index (Phi) is 8.50. The second-order valence-electron chi connectivity index (χ2n) is 7.24. The van der Waals surface area contributed by atoms with Gasteiger partial charge in [-0.3, -0.25) is 14.6 Å². The molecule has 9 heteroatoms. The van der Waals surface area contributed by atoms with Crippen molar-refractivity contribution in [3.8, 4) is 17.2 Å². The second-order valence-corrected chi connectivity index (χ2v) is 7.24. The number of furan rings is 1. The number of carbonyl (C=O) groups is 2. The average Bonchev–Trinajstić information content (AvgIpc) is 3.32. The molecule has 9 nitrogen and oxygen atoms in total. The normalized spacial score (nSPS) is 10.5. The Morgan fingerprint density at radius 1 is 1.00 bits per heavy atom. The largest absolute Gasteiger partial charge is 0.496 e. The molecule has 3 aromatic rings. The minimum Gasteiger partial charge on any atom is -0.496 e. The van der Waals surface area contributed by atoms with Gasteiger partial charge in [0.25, 0.3) is 5.91 Å². The quantitative estimate of drug-likeness (QED) is 0.394. The highest BCUT2D eigenvalue weighted by Gasteiger charge is 2.24. The van der Waals surface area contributed by atoms with Crippen LogP contribution < -0.4 is 14.2 Å². The van der Waals surface area contributed by atoms with E-state index in [2.05, 4.69) is 4.98 Å². The molecule has 1 amide bonds. The van der Waals surface area contributed by atoms with Gasteiger partial charge < -0.3 is 28.3 Å². The van der Waals surface area contributed by atoms with Crippen molar-refractivity contribution in [2.75, 3.05) is 34.5 Å². The zero-order valence-electron chi connectivity index (χ0n) is 19.7. The lowest BCUT2D eigenvalue weighted by molar-refractivity contribution is -0.144. The summed E-state index contributed by atoms with van der Waals surface area (Å²) >= 11 is 0. The van der Waals surface area contributed by atoms with Crippen LogP contribution in [0.1, 0.15) is 34.5 Å². The van der Waals surface area contributed by atoms with Gasteiger partial charge in [-0.2, -0.15) is 0 Å². The number of pyridine rings is 1. The Morgan fingerprint density at radius 2 is 1.74 bits per heavy atom. The molecule has 0 fully saturated rings. The molecule has 180 valence electrons. The number of esters is 1. The molecule has 0 N–H and O–H groups in total. The number of carbonyl (C=O) groups excluding carboxylic acids is 2. The summed E-state index contributed by atoms with van der Waals surface area (Å²) in [5.74, 6) is 1.40. The first-order valence-electron chi connectivity index (χ1n) is 10.7. The molecule has 2 aromatic heterocycles. The van der Waals surface area contributed by atoms with Crippen LogP contribution in [-0.2, 0) is 22.5 Å². The van der Waals surface area contributed by atoms with E-state index in [0.717, 1.165) is 5.56 Å². The Morgan fingerprint density at radius 3 is 2.32 bits per heavy atom. The highest BCUT2D eigenvalue weighted by Crippen LogP contribution is 2.36. The van der Waals surface area contributed by atoms with Crippen LogP contribution in [0.15, 0.2) is 53.1 Å². The second kappa shape index (κ2) is 11.7. The molecule has 1 aromatic carbocycles. The number of nitrogens with zero attached hydrogens (tertiary/aromatic N) is 2. The lowest BCUT2D eigenvalue weighted by Crippen LogP contribution is -2.36. The van der Waals surface area contributed by atoms with E-state index in [-0.39, 0.29) is 25.5 Å². The fourth-order valence-corrected chi connectivity index (χ4v) is 3.42. The fraction of sp³-hybridized carbons (Fsp3) is 0.320. The topological polar surface area (TPSA) is 100 Å². The fourth-order valence-electron chi connectivity index (χ4n) is 3.42. The molecule has 0 radical (unpaired) electrons. The van der Waals surface area contributed by atoms with Crippen LogP contribution in [0.4, 0.5) is 0 Å². The van der Waals surface area contributed by atoms with E-state index in [1.807, 2.05) is 6.07 Å². The smallest absolute Gasteiger partial charge is 0.325 e. The summed E-state index contributed by atoms with van der Waals surface area (Å²) in [4.78, 5) is 30.9. The molecule has 34 heavy (non-hydrogen) atoms. The zero-order valence-corrected chi connectivity index (χ0v) is 19.7. The van der Waals surface area contributed by atoms with E-state index < -0.39 is 11.9 Å². The zero-order chi connectivity index (χ0) is 24.5. The maximum absolute atomic E-state index is 13.2. The molecule has 2 heterocycles. The predicted molar refractivity (Wildman–Crippen MR) is 123 cm³/mol. The van der Waals surface area contributed by atoms with Crippen LogP contribution >= 0.6 is 0 Å². The first kappa shape index (κ1) is 24.6. The molecule has 0 aliphatic heterocycles. The van der Waals surface area contributed by atoms with E-state index in [9.17, 15) is 9.59 Å². The van der Waals surface area contributed by atoms with Gasteiger partial charge in [0.2, 0.25) is 0 Å². The number of hydrogen-bond donors (Lipinski definition) is 0. The number of amides is 1. The van der Waals surface area contributed by atoms with Gasteiger partial charge in [-0.1, -0.05) is 6.07 Å². The van der Waals surface area contributed by atoms with Gasteiger partial charge in [0, 0.05) is 30.3 Å². The Labute approximate surface area is 198 Å². The lowest BCUT2D eigenvalue weighted by atomic mass is 10.1. The monoisotopic (exact) mass is 468 g/mol. The van der Waals surface area contributed by atoms with Crippen LogP contribution in [0.5, 0.6) is 17.2 Å². The van der Waals surface area contributed by atoms with Gasteiger partial charge in [0.15, 0.2) is 5.76 Å². The molecular formula is C25H28N2O7. The molecule has 0 saturated carbocycles. The number of benzene rings is 1. The molecule has 0 spiro atoms. The number of ether oxygens (including phenoxy) is 4. The first-order chi connectivity index (χ1) is 16.5. The number of aromatic nitrogens is 1. The van der Waals surface area contributed by atoms with E-state index in [1.54, 1.807) is 70.8 Å². The van der Waals surface area contributed by atoms with Gasteiger partial charge in [-0.05, 0) is 31.2 Å². The molecule has 3 rings (SSSR count). The summed E-state index contributed by atoms with van der Waals surface area (Å²) < 4.78 is 27.2. The molecule has 0 saturated heterocycles. The predicted octanol–water partition coefficient (Wildman–Crippen LogP) is 3.50. The third kappa shape index (κ3) is 6.06. The average molecular weight is 469 g/mol. The number of methoxy groups -OCH3 is 3. The Bertz CT molecular complexity index is 1090. The van der Waals surface area contributed by atoms with Gasteiger partial charge in [-0.25, -0.2) is 0 Å². The Hall–Kier alpha value is -4.01. The van der Waals surface area contributed by atoms with E-state index in [1.165, 1.54) is 4.90 Å². The van der Waals surface area contributed by atoms with Crippen LogP contribution in [0.2, 0.25) is 0 Å². The summed E-state index contributed by atoms with van der Waals surface area (Å²) in [7, 11) is 4.67. The van der Waals surface area contributed by atoms with Gasteiger partial charge in [0.05, 0.1) is 40.2 Å². The third-order valence-corrected chi connectivity index (χ3v) is 5.03. The van der Waals surface area contributed by atoms with Gasteiger partial charge >= 0.3 is 5.97 Å². The molecule has 0 unspecified atom stereocenters. The van der Waals surface area contributed by atoms with Crippen LogP contribution in [-0.4, -0.2) is 56.2 Å². The van der Waals surface area contributed by atoms with Crippen molar-refractivity contribution < 1.29 is 33.0 Å². The van der Waals surface area contributed by atoms with Crippen molar-refractivity contribution in [3.05, 3.63) is 71.4 Å². The lowest BCUT2D eigenvalue weighted by Gasteiger charge is -2.20.